The standard InChI is InChI=1S/C17H17NO2.C2H2O4/c1-11-7-9-15(19-11)17(16-10-8-12(2)20-16)13-5-3-4-6-14(13)18;3-1(4)2(5)6/h3-10,17H,18H2,1-2H3;(H,3,4)(H,5,6). The Balaban J connectivity index is 0.000000352. The van der Waals surface area contributed by atoms with Gasteiger partial charge in [0.1, 0.15) is 29.0 Å². The second-order valence-corrected chi connectivity index (χ2v) is 5.57. The molecule has 0 radical (unpaired) electrons. The van der Waals surface area contributed by atoms with Gasteiger partial charge in [0.15, 0.2) is 0 Å². The maximum absolute atomic E-state index is 9.10. The maximum atomic E-state index is 9.10. The quantitative estimate of drug-likeness (QED) is 0.484. The molecule has 2 aromatic heterocycles. The van der Waals surface area contributed by atoms with Crippen LogP contribution in [0.1, 0.15) is 34.5 Å². The number of rotatable bonds is 3. The van der Waals surface area contributed by atoms with Crippen molar-refractivity contribution in [2.45, 2.75) is 19.8 Å². The highest BCUT2D eigenvalue weighted by molar-refractivity contribution is 6.27. The van der Waals surface area contributed by atoms with Crippen LogP contribution in [0.25, 0.3) is 0 Å². The summed E-state index contributed by atoms with van der Waals surface area (Å²) in [5.74, 6) is -0.321. The molecule has 26 heavy (non-hydrogen) atoms. The molecule has 2 heterocycles. The van der Waals surface area contributed by atoms with E-state index in [0.29, 0.717) is 0 Å². The summed E-state index contributed by atoms with van der Waals surface area (Å²) in [6.45, 7) is 3.87. The minimum Gasteiger partial charge on any atom is -0.473 e. The van der Waals surface area contributed by atoms with Gasteiger partial charge in [0.05, 0.1) is 0 Å². The summed E-state index contributed by atoms with van der Waals surface area (Å²) in [5.41, 5.74) is 7.86. The van der Waals surface area contributed by atoms with Crippen molar-refractivity contribution in [3.63, 3.8) is 0 Å². The monoisotopic (exact) mass is 357 g/mol. The highest BCUT2D eigenvalue weighted by Gasteiger charge is 2.24. The molecular weight excluding hydrogens is 338 g/mol. The first kappa shape index (κ1) is 18.9. The molecule has 0 fully saturated rings. The van der Waals surface area contributed by atoms with Crippen LogP contribution in [0.15, 0.2) is 57.4 Å². The van der Waals surface area contributed by atoms with Crippen molar-refractivity contribution in [2.24, 2.45) is 0 Å². The Morgan fingerprint density at radius 2 is 1.31 bits per heavy atom. The van der Waals surface area contributed by atoms with Crippen molar-refractivity contribution in [1.29, 1.82) is 0 Å². The average molecular weight is 357 g/mol. The molecule has 136 valence electrons. The maximum Gasteiger partial charge on any atom is 0.414 e. The Morgan fingerprint density at radius 3 is 1.65 bits per heavy atom. The Hall–Kier alpha value is -3.48. The summed E-state index contributed by atoms with van der Waals surface area (Å²) in [6.07, 6.45) is 0. The number of carboxylic acid groups (broad SMARTS) is 2. The zero-order valence-electron chi connectivity index (χ0n) is 14.3. The summed E-state index contributed by atoms with van der Waals surface area (Å²) in [7, 11) is 0. The number of benzene rings is 1. The Labute approximate surface area is 149 Å². The topological polar surface area (TPSA) is 127 Å². The van der Waals surface area contributed by atoms with Crippen LogP contribution < -0.4 is 5.73 Å². The third-order valence-corrected chi connectivity index (χ3v) is 3.58. The largest absolute Gasteiger partial charge is 0.473 e. The molecule has 0 aliphatic rings. The molecule has 1 aromatic carbocycles. The van der Waals surface area contributed by atoms with E-state index in [4.69, 9.17) is 34.4 Å². The molecule has 0 bridgehead atoms. The van der Waals surface area contributed by atoms with Crippen LogP contribution in [-0.2, 0) is 9.59 Å². The summed E-state index contributed by atoms with van der Waals surface area (Å²) in [5, 5.41) is 14.8. The fourth-order valence-corrected chi connectivity index (χ4v) is 2.44. The minimum absolute atomic E-state index is 0.112. The Bertz CT molecular complexity index is 856. The summed E-state index contributed by atoms with van der Waals surface area (Å²) < 4.78 is 11.6. The van der Waals surface area contributed by atoms with Gasteiger partial charge in [0.25, 0.3) is 0 Å². The number of para-hydroxylation sites is 1. The Morgan fingerprint density at radius 1 is 0.846 bits per heavy atom. The average Bonchev–Trinajstić information content (AvgIpc) is 3.19. The number of carboxylic acids is 2. The van der Waals surface area contributed by atoms with E-state index in [1.165, 1.54) is 0 Å². The van der Waals surface area contributed by atoms with Crippen LogP contribution in [-0.4, -0.2) is 22.2 Å². The van der Waals surface area contributed by atoms with E-state index in [0.717, 1.165) is 34.3 Å². The lowest BCUT2D eigenvalue weighted by atomic mass is 9.93. The van der Waals surface area contributed by atoms with Gasteiger partial charge in [-0.15, -0.1) is 0 Å². The van der Waals surface area contributed by atoms with Gasteiger partial charge in [-0.3, -0.25) is 0 Å². The van der Waals surface area contributed by atoms with Gasteiger partial charge in [-0.05, 0) is 49.7 Å². The first-order valence-electron chi connectivity index (χ1n) is 7.73. The predicted octanol–water partition coefficient (Wildman–Crippen LogP) is 3.41. The molecule has 0 saturated carbocycles. The highest BCUT2D eigenvalue weighted by atomic mass is 16.4. The zero-order valence-corrected chi connectivity index (χ0v) is 14.3. The van der Waals surface area contributed by atoms with E-state index < -0.39 is 11.9 Å². The molecule has 0 saturated heterocycles. The SMILES string of the molecule is Cc1ccc(C(c2ccc(C)o2)c2ccccc2N)o1.O=C(O)C(=O)O. The molecule has 0 spiro atoms. The number of nitrogen functional groups attached to an aromatic ring is 1. The second kappa shape index (κ2) is 8.06. The number of hydrogen-bond donors (Lipinski definition) is 3. The van der Waals surface area contributed by atoms with E-state index in [9.17, 15) is 0 Å². The number of nitrogens with two attached hydrogens (primary N) is 1. The smallest absolute Gasteiger partial charge is 0.414 e. The van der Waals surface area contributed by atoms with Gasteiger partial charge in [-0.1, -0.05) is 18.2 Å². The van der Waals surface area contributed by atoms with Crippen molar-refractivity contribution in [3.8, 4) is 0 Å². The lowest BCUT2D eigenvalue weighted by Gasteiger charge is -2.15. The summed E-state index contributed by atoms with van der Waals surface area (Å²) in [4.78, 5) is 18.2. The third-order valence-electron chi connectivity index (χ3n) is 3.58. The molecule has 7 nitrogen and oxygen atoms in total. The molecule has 0 aliphatic heterocycles. The lowest BCUT2D eigenvalue weighted by molar-refractivity contribution is -0.159. The van der Waals surface area contributed by atoms with Crippen LogP contribution in [0.4, 0.5) is 5.69 Å². The van der Waals surface area contributed by atoms with Gasteiger partial charge in [-0.2, -0.15) is 0 Å². The normalized spacial score (nSPS) is 10.3. The number of carbonyl (C=O) groups is 2. The van der Waals surface area contributed by atoms with Crippen LogP contribution >= 0.6 is 0 Å². The molecular formula is C19H19NO6. The van der Waals surface area contributed by atoms with Crippen molar-refractivity contribution >= 4 is 17.6 Å². The fraction of sp³-hybridized carbons (Fsp3) is 0.158. The van der Waals surface area contributed by atoms with Gasteiger partial charge in [0, 0.05) is 5.69 Å². The van der Waals surface area contributed by atoms with Crippen LogP contribution in [0.5, 0.6) is 0 Å². The first-order chi connectivity index (χ1) is 12.3. The minimum atomic E-state index is -1.82. The molecule has 0 amide bonds. The van der Waals surface area contributed by atoms with Crippen molar-refractivity contribution in [2.75, 3.05) is 5.73 Å². The van der Waals surface area contributed by atoms with Gasteiger partial charge in [0.2, 0.25) is 0 Å². The van der Waals surface area contributed by atoms with E-state index >= 15 is 0 Å². The Kier molecular flexibility index (Phi) is 5.85. The number of hydrogen-bond acceptors (Lipinski definition) is 5. The number of anilines is 1. The summed E-state index contributed by atoms with van der Waals surface area (Å²) in [6, 6.07) is 15.7. The van der Waals surface area contributed by atoms with Gasteiger partial charge < -0.3 is 24.8 Å². The van der Waals surface area contributed by atoms with E-state index in [1.807, 2.05) is 62.4 Å². The van der Waals surface area contributed by atoms with E-state index in [2.05, 4.69) is 0 Å². The first-order valence-corrected chi connectivity index (χ1v) is 7.73. The molecule has 0 unspecified atom stereocenters. The van der Waals surface area contributed by atoms with Crippen LogP contribution in [0.3, 0.4) is 0 Å². The second-order valence-electron chi connectivity index (χ2n) is 5.57. The summed E-state index contributed by atoms with van der Waals surface area (Å²) >= 11 is 0. The third kappa shape index (κ3) is 4.54. The number of aryl methyl sites for hydroxylation is 2. The fourth-order valence-electron chi connectivity index (χ4n) is 2.44. The highest BCUT2D eigenvalue weighted by Crippen LogP contribution is 2.36. The van der Waals surface area contributed by atoms with Crippen molar-refractivity contribution in [3.05, 3.63) is 77.1 Å². The van der Waals surface area contributed by atoms with Crippen molar-refractivity contribution in [1.82, 2.24) is 0 Å². The van der Waals surface area contributed by atoms with E-state index in [1.54, 1.807) is 0 Å². The molecule has 0 aliphatic carbocycles. The number of furan rings is 2. The van der Waals surface area contributed by atoms with Crippen molar-refractivity contribution < 1.29 is 28.6 Å². The molecule has 7 heteroatoms. The molecule has 3 aromatic rings. The van der Waals surface area contributed by atoms with Gasteiger partial charge in [-0.25, -0.2) is 9.59 Å². The predicted molar refractivity (Wildman–Crippen MR) is 94.0 cm³/mol. The lowest BCUT2D eigenvalue weighted by Crippen LogP contribution is -2.09. The number of aliphatic carboxylic acids is 2. The van der Waals surface area contributed by atoms with Crippen LogP contribution in [0.2, 0.25) is 0 Å². The van der Waals surface area contributed by atoms with Crippen LogP contribution in [0, 0.1) is 13.8 Å². The molecule has 3 rings (SSSR count). The molecule has 4 N–H and O–H groups in total. The van der Waals surface area contributed by atoms with Gasteiger partial charge >= 0.3 is 11.9 Å². The zero-order chi connectivity index (χ0) is 19.3. The molecule has 0 atom stereocenters. The van der Waals surface area contributed by atoms with E-state index in [-0.39, 0.29) is 5.92 Å².